The average Bonchev–Trinajstić information content (AvgIpc) is 3.07. The molecule has 1 saturated carbocycles. The first-order valence-electron chi connectivity index (χ1n) is 5.70. The van der Waals surface area contributed by atoms with Gasteiger partial charge in [-0.05, 0) is 36.5 Å². The number of carbonyl (C=O) groups excluding carboxylic acids is 1. The number of hydrogen-bond donors (Lipinski definition) is 3. The van der Waals surface area contributed by atoms with Crippen molar-refractivity contribution < 1.29 is 9.90 Å². The Balaban J connectivity index is 2.05. The Kier molecular flexibility index (Phi) is 2.29. The molecule has 0 spiro atoms. The van der Waals surface area contributed by atoms with E-state index in [9.17, 15) is 9.90 Å². The number of primary amides is 1. The van der Waals surface area contributed by atoms with Crippen molar-refractivity contribution in [2.24, 2.45) is 5.73 Å². The summed E-state index contributed by atoms with van der Waals surface area (Å²) in [4.78, 5) is 11.2. The van der Waals surface area contributed by atoms with Crippen LogP contribution in [0.5, 0.6) is 5.75 Å². The number of aromatic hydroxyl groups is 1. The van der Waals surface area contributed by atoms with Gasteiger partial charge in [-0.25, -0.2) is 0 Å². The maximum Gasteiger partial charge on any atom is 0.271 e. The number of phenols is 1. The number of nitrogens with one attached hydrogen (secondary N) is 1. The molecule has 1 aromatic heterocycles. The Morgan fingerprint density at radius 2 is 2.17 bits per heavy atom. The Labute approximate surface area is 103 Å². The number of hydrogen-bond acceptors (Lipinski definition) is 4. The molecule has 0 unspecified atom stereocenters. The van der Waals surface area contributed by atoms with Gasteiger partial charge in [0.1, 0.15) is 11.4 Å². The van der Waals surface area contributed by atoms with Gasteiger partial charge in [0, 0.05) is 5.56 Å². The van der Waals surface area contributed by atoms with Gasteiger partial charge >= 0.3 is 0 Å². The quantitative estimate of drug-likeness (QED) is 0.753. The fraction of sp³-hybridized carbons (Fsp3) is 0.250. The van der Waals surface area contributed by atoms with Gasteiger partial charge in [-0.2, -0.15) is 15.4 Å². The van der Waals surface area contributed by atoms with Gasteiger partial charge in [0.15, 0.2) is 5.69 Å². The zero-order valence-corrected chi connectivity index (χ0v) is 9.55. The first-order valence-corrected chi connectivity index (χ1v) is 5.70. The summed E-state index contributed by atoms with van der Waals surface area (Å²) in [5.74, 6) is -0.0295. The second kappa shape index (κ2) is 3.83. The zero-order chi connectivity index (χ0) is 12.7. The highest BCUT2D eigenvalue weighted by Gasteiger charge is 2.25. The van der Waals surface area contributed by atoms with E-state index in [0.717, 1.165) is 18.4 Å². The highest BCUT2D eigenvalue weighted by Crippen LogP contribution is 2.42. The highest BCUT2D eigenvalue weighted by atomic mass is 16.3. The van der Waals surface area contributed by atoms with Crippen LogP contribution in [0.1, 0.15) is 34.8 Å². The lowest BCUT2D eigenvalue weighted by Gasteiger charge is -2.05. The predicted octanol–water partition coefficient (Wildman–Crippen LogP) is 1.15. The molecular weight excluding hydrogens is 232 g/mol. The molecule has 0 radical (unpaired) electrons. The summed E-state index contributed by atoms with van der Waals surface area (Å²) in [5.41, 5.74) is 7.07. The van der Waals surface area contributed by atoms with Crippen molar-refractivity contribution in [3.63, 3.8) is 0 Å². The third-order valence-electron chi connectivity index (χ3n) is 3.11. The van der Waals surface area contributed by atoms with E-state index in [1.165, 1.54) is 0 Å². The number of aromatic nitrogens is 3. The number of benzene rings is 1. The summed E-state index contributed by atoms with van der Waals surface area (Å²) in [6, 6.07) is 5.39. The first kappa shape index (κ1) is 10.8. The van der Waals surface area contributed by atoms with E-state index in [2.05, 4.69) is 15.4 Å². The molecule has 6 heteroatoms. The lowest BCUT2D eigenvalue weighted by atomic mass is 10.0. The van der Waals surface area contributed by atoms with Crippen molar-refractivity contribution in [1.29, 1.82) is 0 Å². The normalized spacial score (nSPS) is 14.7. The third-order valence-corrected chi connectivity index (χ3v) is 3.11. The predicted molar refractivity (Wildman–Crippen MR) is 64.0 cm³/mol. The molecule has 1 aliphatic rings. The maximum atomic E-state index is 11.2. The highest BCUT2D eigenvalue weighted by molar-refractivity contribution is 5.97. The van der Waals surface area contributed by atoms with Crippen LogP contribution < -0.4 is 5.73 Å². The van der Waals surface area contributed by atoms with Crippen molar-refractivity contribution >= 4 is 5.91 Å². The van der Waals surface area contributed by atoms with Crippen LogP contribution in [0.15, 0.2) is 18.2 Å². The monoisotopic (exact) mass is 244 g/mol. The fourth-order valence-corrected chi connectivity index (χ4v) is 2.01. The lowest BCUT2D eigenvalue weighted by Crippen LogP contribution is -2.12. The minimum absolute atomic E-state index is 0.0319. The molecule has 18 heavy (non-hydrogen) atoms. The maximum absolute atomic E-state index is 11.2. The van der Waals surface area contributed by atoms with Crippen LogP contribution in [-0.2, 0) is 0 Å². The van der Waals surface area contributed by atoms with E-state index in [1.54, 1.807) is 12.1 Å². The molecular formula is C12H12N4O2. The van der Waals surface area contributed by atoms with Crippen LogP contribution >= 0.6 is 0 Å². The molecule has 3 rings (SSSR count). The molecule has 0 saturated heterocycles. The summed E-state index contributed by atoms with van der Waals surface area (Å²) in [6.07, 6.45) is 2.32. The number of rotatable bonds is 3. The van der Waals surface area contributed by atoms with E-state index in [0.29, 0.717) is 11.5 Å². The van der Waals surface area contributed by atoms with E-state index < -0.39 is 5.91 Å². The molecule has 1 aliphatic carbocycles. The summed E-state index contributed by atoms with van der Waals surface area (Å²) in [7, 11) is 0. The van der Waals surface area contributed by atoms with Crippen molar-refractivity contribution in [3.8, 4) is 17.0 Å². The summed E-state index contributed by atoms with van der Waals surface area (Å²) in [6.45, 7) is 0. The first-order chi connectivity index (χ1) is 8.66. The van der Waals surface area contributed by atoms with Crippen LogP contribution in [0.4, 0.5) is 0 Å². The lowest BCUT2D eigenvalue weighted by molar-refractivity contribution is 0.0996. The largest absolute Gasteiger partial charge is 0.507 e. The van der Waals surface area contributed by atoms with Crippen LogP contribution in [0.2, 0.25) is 0 Å². The molecule has 1 fully saturated rings. The average molecular weight is 244 g/mol. The second-order valence-corrected chi connectivity index (χ2v) is 4.44. The Morgan fingerprint density at radius 3 is 2.78 bits per heavy atom. The molecule has 2 aromatic rings. The summed E-state index contributed by atoms with van der Waals surface area (Å²) < 4.78 is 0. The van der Waals surface area contributed by atoms with E-state index >= 15 is 0 Å². The van der Waals surface area contributed by atoms with Gasteiger partial charge in [-0.1, -0.05) is 6.07 Å². The van der Waals surface area contributed by atoms with Crippen LogP contribution in [0.25, 0.3) is 11.3 Å². The zero-order valence-electron chi connectivity index (χ0n) is 9.55. The number of aromatic amines is 1. The van der Waals surface area contributed by atoms with Crippen molar-refractivity contribution in [1.82, 2.24) is 15.4 Å². The smallest absolute Gasteiger partial charge is 0.271 e. The Morgan fingerprint density at radius 1 is 1.39 bits per heavy atom. The molecule has 0 atom stereocenters. The van der Waals surface area contributed by atoms with E-state index in [4.69, 9.17) is 5.73 Å². The standard InChI is InChI=1S/C12H12N4O2/c13-12(18)11-10(14-16-15-11)8-4-3-7(5-9(8)17)6-1-2-6/h3-6,17H,1-2H2,(H2,13,18)(H,14,15,16). The van der Waals surface area contributed by atoms with Crippen LogP contribution in [0, 0.1) is 0 Å². The molecule has 0 bridgehead atoms. The number of nitrogens with zero attached hydrogens (tertiary/aromatic N) is 2. The molecule has 6 nitrogen and oxygen atoms in total. The molecule has 4 N–H and O–H groups in total. The number of H-pyrrole nitrogens is 1. The number of carbonyl (C=O) groups is 1. The van der Waals surface area contributed by atoms with Gasteiger partial charge in [0.25, 0.3) is 5.91 Å². The van der Waals surface area contributed by atoms with Gasteiger partial charge < -0.3 is 10.8 Å². The molecule has 1 amide bonds. The van der Waals surface area contributed by atoms with Crippen molar-refractivity contribution in [2.75, 3.05) is 0 Å². The van der Waals surface area contributed by atoms with Crippen LogP contribution in [0.3, 0.4) is 0 Å². The summed E-state index contributed by atoms with van der Waals surface area (Å²) in [5, 5.41) is 19.9. The Bertz CT molecular complexity index is 616. The second-order valence-electron chi connectivity index (χ2n) is 4.44. The molecule has 1 heterocycles. The van der Waals surface area contributed by atoms with Gasteiger partial charge in [0.05, 0.1) is 0 Å². The minimum Gasteiger partial charge on any atom is -0.507 e. The molecule has 0 aliphatic heterocycles. The number of amides is 1. The fourth-order valence-electron chi connectivity index (χ4n) is 2.01. The number of nitrogens with two attached hydrogens (primary N) is 1. The molecule has 92 valence electrons. The van der Waals surface area contributed by atoms with Gasteiger partial charge in [0.2, 0.25) is 0 Å². The van der Waals surface area contributed by atoms with E-state index in [-0.39, 0.29) is 17.1 Å². The topological polar surface area (TPSA) is 105 Å². The Hall–Kier alpha value is -2.37. The molecule has 1 aromatic carbocycles. The van der Waals surface area contributed by atoms with Crippen LogP contribution in [-0.4, -0.2) is 26.4 Å². The van der Waals surface area contributed by atoms with Crippen molar-refractivity contribution in [2.45, 2.75) is 18.8 Å². The third kappa shape index (κ3) is 1.71. The number of phenolic OH excluding ortho intramolecular Hbond substituents is 1. The minimum atomic E-state index is -0.676. The summed E-state index contributed by atoms with van der Waals surface area (Å²) >= 11 is 0. The SMILES string of the molecule is NC(=O)c1n[nH]nc1-c1ccc(C2CC2)cc1O. The van der Waals surface area contributed by atoms with E-state index in [1.807, 2.05) is 6.07 Å². The van der Waals surface area contributed by atoms with Gasteiger partial charge in [-0.15, -0.1) is 0 Å². The van der Waals surface area contributed by atoms with Gasteiger partial charge in [-0.3, -0.25) is 4.79 Å². The van der Waals surface area contributed by atoms with Crippen molar-refractivity contribution in [3.05, 3.63) is 29.5 Å².